The molecule has 1 aromatic heterocycles. The minimum atomic E-state index is 0.516. The topological polar surface area (TPSA) is 59.1 Å². The number of nitrogens with zero attached hydrogens (tertiary/aromatic N) is 2. The molecule has 0 aromatic carbocycles. The molecule has 0 atom stereocenters. The monoisotopic (exact) mass is 212 g/mol. The van der Waals surface area contributed by atoms with Gasteiger partial charge >= 0.3 is 0 Å². The molecule has 0 radical (unpaired) electrons. The Kier molecular flexibility index (Phi) is 4.81. The van der Waals surface area contributed by atoms with Gasteiger partial charge in [0, 0.05) is 26.0 Å². The molecule has 0 unspecified atom stereocenters. The van der Waals surface area contributed by atoms with Gasteiger partial charge in [-0.3, -0.25) is 4.98 Å². The van der Waals surface area contributed by atoms with Gasteiger partial charge in [-0.15, -0.1) is 0 Å². The van der Waals surface area contributed by atoms with Crippen molar-refractivity contribution in [2.75, 3.05) is 25.6 Å². The van der Waals surface area contributed by atoms with Gasteiger partial charge in [-0.05, 0) is 12.2 Å². The van der Waals surface area contributed by atoms with Gasteiger partial charge in [-0.1, -0.05) is 0 Å². The Morgan fingerprint density at radius 3 is 3.07 bits per heavy atom. The first kappa shape index (κ1) is 10.8. The Balaban J connectivity index is 2.27. The van der Waals surface area contributed by atoms with Crippen molar-refractivity contribution in [3.8, 4) is 0 Å². The number of hydrogen-bond acceptors (Lipinski definition) is 4. The van der Waals surface area contributed by atoms with Crippen LogP contribution in [0.2, 0.25) is 0 Å². The van der Waals surface area contributed by atoms with Crippen molar-refractivity contribution in [1.29, 1.82) is 0 Å². The molecule has 0 aliphatic heterocycles. The van der Waals surface area contributed by atoms with Crippen LogP contribution in [0.5, 0.6) is 0 Å². The van der Waals surface area contributed by atoms with Crippen molar-refractivity contribution in [3.05, 3.63) is 18.6 Å². The number of anilines is 1. The van der Waals surface area contributed by atoms with Gasteiger partial charge in [0.2, 0.25) is 0 Å². The highest BCUT2D eigenvalue weighted by molar-refractivity contribution is 7.80. The van der Waals surface area contributed by atoms with Crippen molar-refractivity contribution in [2.45, 2.75) is 0 Å². The van der Waals surface area contributed by atoms with E-state index in [1.807, 2.05) is 0 Å². The molecule has 6 heteroatoms. The first-order valence-corrected chi connectivity index (χ1v) is 4.53. The fraction of sp³-hybridized carbons (Fsp3) is 0.375. The smallest absolute Gasteiger partial charge is 0.172 e. The highest BCUT2D eigenvalue weighted by atomic mass is 32.1. The third-order valence-electron chi connectivity index (χ3n) is 1.40. The highest BCUT2D eigenvalue weighted by Crippen LogP contribution is 1.95. The summed E-state index contributed by atoms with van der Waals surface area (Å²) >= 11 is 5.00. The molecule has 0 saturated carbocycles. The number of thiocarbonyl (C=S) groups is 1. The summed E-state index contributed by atoms with van der Waals surface area (Å²) in [4.78, 5) is 7.91. The lowest BCUT2D eigenvalue weighted by molar-refractivity contribution is 0.204. The van der Waals surface area contributed by atoms with Crippen molar-refractivity contribution < 1.29 is 4.74 Å². The molecule has 1 heterocycles. The van der Waals surface area contributed by atoms with Crippen LogP contribution in [0.3, 0.4) is 0 Å². The summed E-state index contributed by atoms with van der Waals surface area (Å²) in [5.41, 5.74) is 0. The molecule has 5 nitrogen and oxygen atoms in total. The van der Waals surface area contributed by atoms with Crippen LogP contribution in [0, 0.1) is 0 Å². The van der Waals surface area contributed by atoms with Gasteiger partial charge in [0.1, 0.15) is 0 Å². The third kappa shape index (κ3) is 4.11. The molecule has 0 aliphatic rings. The number of rotatable bonds is 4. The Bertz CT molecular complexity index is 280. The standard InChI is InChI=1S/C8H12N4OS/c1-13-5-4-11-8(14)12-7-6-9-2-3-10-7/h2-3,6H,4-5H2,1H3,(H2,10,11,12,14). The molecule has 0 saturated heterocycles. The van der Waals surface area contributed by atoms with E-state index in [2.05, 4.69) is 20.6 Å². The maximum atomic E-state index is 5.00. The van der Waals surface area contributed by atoms with Crippen LogP contribution in [0.1, 0.15) is 0 Å². The molecule has 76 valence electrons. The molecular formula is C8H12N4OS. The van der Waals surface area contributed by atoms with E-state index in [-0.39, 0.29) is 0 Å². The molecule has 14 heavy (non-hydrogen) atoms. The van der Waals surface area contributed by atoms with E-state index in [9.17, 15) is 0 Å². The number of hydrogen-bond donors (Lipinski definition) is 2. The molecule has 0 fully saturated rings. The van der Waals surface area contributed by atoms with Gasteiger partial charge < -0.3 is 15.4 Å². The maximum absolute atomic E-state index is 5.00. The first-order chi connectivity index (χ1) is 6.83. The largest absolute Gasteiger partial charge is 0.383 e. The minimum Gasteiger partial charge on any atom is -0.383 e. The average molecular weight is 212 g/mol. The van der Waals surface area contributed by atoms with Crippen LogP contribution < -0.4 is 10.6 Å². The Morgan fingerprint density at radius 2 is 2.43 bits per heavy atom. The van der Waals surface area contributed by atoms with Crippen LogP contribution >= 0.6 is 12.2 Å². The van der Waals surface area contributed by atoms with E-state index in [4.69, 9.17) is 17.0 Å². The molecule has 0 aliphatic carbocycles. The second kappa shape index (κ2) is 6.22. The van der Waals surface area contributed by atoms with E-state index >= 15 is 0 Å². The zero-order valence-electron chi connectivity index (χ0n) is 7.86. The van der Waals surface area contributed by atoms with E-state index < -0.39 is 0 Å². The summed E-state index contributed by atoms with van der Waals surface area (Å²) < 4.78 is 4.86. The van der Waals surface area contributed by atoms with Crippen molar-refractivity contribution in [2.24, 2.45) is 0 Å². The number of methoxy groups -OCH3 is 1. The molecular weight excluding hydrogens is 200 g/mol. The lowest BCUT2D eigenvalue weighted by atomic mass is 10.6. The second-order valence-electron chi connectivity index (χ2n) is 2.46. The van der Waals surface area contributed by atoms with Gasteiger partial charge in [0.25, 0.3) is 0 Å². The lowest BCUT2D eigenvalue weighted by Gasteiger charge is -2.08. The van der Waals surface area contributed by atoms with Gasteiger partial charge in [-0.2, -0.15) is 0 Å². The normalized spacial score (nSPS) is 9.50. The van der Waals surface area contributed by atoms with E-state index in [1.165, 1.54) is 0 Å². The molecule has 1 aromatic rings. The van der Waals surface area contributed by atoms with Crippen molar-refractivity contribution >= 4 is 23.1 Å². The van der Waals surface area contributed by atoms with Crippen LogP contribution in [-0.4, -0.2) is 35.3 Å². The van der Waals surface area contributed by atoms with Crippen LogP contribution in [-0.2, 0) is 4.74 Å². The SMILES string of the molecule is COCCNC(=S)Nc1cnccn1. The zero-order valence-corrected chi connectivity index (χ0v) is 8.67. The second-order valence-corrected chi connectivity index (χ2v) is 2.87. The Morgan fingerprint density at radius 1 is 1.57 bits per heavy atom. The molecule has 2 N–H and O–H groups in total. The third-order valence-corrected chi connectivity index (χ3v) is 1.64. The average Bonchev–Trinajstić information content (AvgIpc) is 2.20. The zero-order chi connectivity index (χ0) is 10.2. The Hall–Kier alpha value is -1.27. The number of nitrogens with one attached hydrogen (secondary N) is 2. The number of aromatic nitrogens is 2. The lowest BCUT2D eigenvalue weighted by Crippen LogP contribution is -2.31. The molecule has 0 amide bonds. The highest BCUT2D eigenvalue weighted by Gasteiger charge is 1.96. The van der Waals surface area contributed by atoms with Crippen LogP contribution in [0.15, 0.2) is 18.6 Å². The van der Waals surface area contributed by atoms with E-state index in [0.29, 0.717) is 24.1 Å². The van der Waals surface area contributed by atoms with Gasteiger partial charge in [0.05, 0.1) is 12.8 Å². The maximum Gasteiger partial charge on any atom is 0.172 e. The summed E-state index contributed by atoms with van der Waals surface area (Å²) in [7, 11) is 1.64. The van der Waals surface area contributed by atoms with Crippen molar-refractivity contribution in [1.82, 2.24) is 15.3 Å². The minimum absolute atomic E-state index is 0.516. The summed E-state index contributed by atoms with van der Waals surface area (Å²) in [5, 5.41) is 6.37. The summed E-state index contributed by atoms with van der Waals surface area (Å²) in [6.45, 7) is 1.28. The molecule has 0 bridgehead atoms. The predicted molar refractivity (Wildman–Crippen MR) is 58.1 cm³/mol. The summed E-state index contributed by atoms with van der Waals surface area (Å²) in [5.74, 6) is 0.627. The van der Waals surface area contributed by atoms with E-state index in [1.54, 1.807) is 25.7 Å². The summed E-state index contributed by atoms with van der Waals surface area (Å²) in [6.07, 6.45) is 4.80. The van der Waals surface area contributed by atoms with E-state index in [0.717, 1.165) is 0 Å². The Labute approximate surface area is 87.9 Å². The fourth-order valence-corrected chi connectivity index (χ4v) is 0.997. The molecule has 1 rings (SSSR count). The summed E-state index contributed by atoms with van der Waals surface area (Å²) in [6, 6.07) is 0. The van der Waals surface area contributed by atoms with Crippen molar-refractivity contribution in [3.63, 3.8) is 0 Å². The van der Waals surface area contributed by atoms with Crippen LogP contribution in [0.25, 0.3) is 0 Å². The first-order valence-electron chi connectivity index (χ1n) is 4.12. The molecule has 0 spiro atoms. The fourth-order valence-electron chi connectivity index (χ4n) is 0.791. The van der Waals surface area contributed by atoms with Crippen LogP contribution in [0.4, 0.5) is 5.82 Å². The number of ether oxygens (including phenoxy) is 1. The van der Waals surface area contributed by atoms with Gasteiger partial charge in [-0.25, -0.2) is 4.98 Å². The predicted octanol–water partition coefficient (Wildman–Crippen LogP) is 0.409. The quantitative estimate of drug-likeness (QED) is 0.557. The van der Waals surface area contributed by atoms with Gasteiger partial charge in [0.15, 0.2) is 10.9 Å².